The summed E-state index contributed by atoms with van der Waals surface area (Å²) >= 11 is 1.57. The standard InChI is InChI=1S/C17H20N4O2S/c1-12(22)21-6-2-5-16(21)15-11-18-9-13(20-15)10-19-17(23)8-14-4-3-7-24-14/h3-4,7,9,11,16H,2,5-6,8,10H2,1H3,(H,19,23)/t16-/m0/s1. The maximum atomic E-state index is 12.0. The van der Waals surface area contributed by atoms with Crippen LogP contribution < -0.4 is 5.32 Å². The monoisotopic (exact) mass is 344 g/mol. The molecule has 126 valence electrons. The molecule has 0 aliphatic carbocycles. The summed E-state index contributed by atoms with van der Waals surface area (Å²) in [6.07, 6.45) is 5.63. The molecule has 0 bridgehead atoms. The van der Waals surface area contributed by atoms with Crippen molar-refractivity contribution in [3.8, 4) is 0 Å². The number of likely N-dealkylation sites (tertiary alicyclic amines) is 1. The van der Waals surface area contributed by atoms with E-state index in [-0.39, 0.29) is 17.9 Å². The van der Waals surface area contributed by atoms with Crippen LogP contribution in [0.3, 0.4) is 0 Å². The maximum Gasteiger partial charge on any atom is 0.225 e. The largest absolute Gasteiger partial charge is 0.350 e. The molecule has 24 heavy (non-hydrogen) atoms. The van der Waals surface area contributed by atoms with Crippen LogP contribution in [-0.2, 0) is 22.6 Å². The quantitative estimate of drug-likeness (QED) is 0.901. The molecule has 3 rings (SSSR count). The Morgan fingerprint density at radius 2 is 2.29 bits per heavy atom. The van der Waals surface area contributed by atoms with Crippen LogP contribution >= 0.6 is 11.3 Å². The minimum Gasteiger partial charge on any atom is -0.350 e. The van der Waals surface area contributed by atoms with E-state index in [1.807, 2.05) is 22.4 Å². The van der Waals surface area contributed by atoms with E-state index in [1.165, 1.54) is 0 Å². The van der Waals surface area contributed by atoms with Gasteiger partial charge in [0.25, 0.3) is 0 Å². The smallest absolute Gasteiger partial charge is 0.225 e. The molecule has 2 aromatic rings. The van der Waals surface area contributed by atoms with Crippen LogP contribution in [0, 0.1) is 0 Å². The third-order valence-corrected chi connectivity index (χ3v) is 4.96. The first kappa shape index (κ1) is 16.6. The molecule has 1 atom stereocenters. The first-order chi connectivity index (χ1) is 11.6. The fraction of sp³-hybridized carbons (Fsp3) is 0.412. The predicted octanol–water partition coefficient (Wildman–Crippen LogP) is 2.08. The second-order valence-corrected chi connectivity index (χ2v) is 6.87. The molecule has 2 amide bonds. The minimum absolute atomic E-state index is 0.00299. The van der Waals surface area contributed by atoms with E-state index >= 15 is 0 Å². The molecule has 0 aromatic carbocycles. The molecule has 0 radical (unpaired) electrons. The zero-order chi connectivity index (χ0) is 16.9. The van der Waals surface area contributed by atoms with Gasteiger partial charge < -0.3 is 10.2 Å². The summed E-state index contributed by atoms with van der Waals surface area (Å²) in [7, 11) is 0. The Bertz CT molecular complexity index is 717. The van der Waals surface area contributed by atoms with Gasteiger partial charge in [-0.05, 0) is 24.3 Å². The third kappa shape index (κ3) is 3.97. The Morgan fingerprint density at radius 1 is 1.42 bits per heavy atom. The van der Waals surface area contributed by atoms with Gasteiger partial charge in [-0.3, -0.25) is 19.6 Å². The maximum absolute atomic E-state index is 12.0. The second kappa shape index (κ2) is 7.53. The molecule has 1 aliphatic heterocycles. The Labute approximate surface area is 144 Å². The van der Waals surface area contributed by atoms with Crippen LogP contribution in [0.5, 0.6) is 0 Å². The molecule has 1 aliphatic rings. The molecule has 0 unspecified atom stereocenters. The van der Waals surface area contributed by atoms with Crippen LogP contribution in [0.25, 0.3) is 0 Å². The van der Waals surface area contributed by atoms with Crippen molar-refractivity contribution in [1.29, 1.82) is 0 Å². The summed E-state index contributed by atoms with van der Waals surface area (Å²) in [6.45, 7) is 2.70. The summed E-state index contributed by atoms with van der Waals surface area (Å²) in [5.74, 6) is 0.0323. The fourth-order valence-corrected chi connectivity index (χ4v) is 3.65. The number of nitrogens with one attached hydrogen (secondary N) is 1. The van der Waals surface area contributed by atoms with Crippen LogP contribution in [0.4, 0.5) is 0 Å². The van der Waals surface area contributed by atoms with Crippen LogP contribution in [0.1, 0.15) is 42.1 Å². The average Bonchev–Trinajstić information content (AvgIpc) is 3.24. The molecule has 1 N–H and O–H groups in total. The van der Waals surface area contributed by atoms with E-state index in [2.05, 4.69) is 15.3 Å². The lowest BCUT2D eigenvalue weighted by atomic mass is 10.1. The molecule has 7 heteroatoms. The van der Waals surface area contributed by atoms with Gasteiger partial charge in [-0.25, -0.2) is 0 Å². The molecule has 2 aromatic heterocycles. The van der Waals surface area contributed by atoms with E-state index in [9.17, 15) is 9.59 Å². The number of carbonyl (C=O) groups excluding carboxylic acids is 2. The lowest BCUT2D eigenvalue weighted by Crippen LogP contribution is -2.29. The molecule has 0 saturated carbocycles. The molecular formula is C17H20N4O2S. The Morgan fingerprint density at radius 3 is 3.04 bits per heavy atom. The Balaban J connectivity index is 1.61. The highest BCUT2D eigenvalue weighted by Gasteiger charge is 2.29. The number of aromatic nitrogens is 2. The molecule has 1 fully saturated rings. The van der Waals surface area contributed by atoms with E-state index in [0.29, 0.717) is 18.7 Å². The molecule has 0 spiro atoms. The predicted molar refractivity (Wildman–Crippen MR) is 91.3 cm³/mol. The SMILES string of the molecule is CC(=O)N1CCC[C@H]1c1cncc(CNC(=O)Cc2cccs2)n1. The van der Waals surface area contributed by atoms with Crippen molar-refractivity contribution in [3.63, 3.8) is 0 Å². The van der Waals surface area contributed by atoms with E-state index in [4.69, 9.17) is 0 Å². The van der Waals surface area contributed by atoms with Gasteiger partial charge in [0.1, 0.15) is 0 Å². The minimum atomic E-state index is -0.0316. The Kier molecular flexibility index (Phi) is 5.20. The van der Waals surface area contributed by atoms with Crippen molar-refractivity contribution in [2.45, 2.75) is 38.8 Å². The van der Waals surface area contributed by atoms with Gasteiger partial charge in [-0.2, -0.15) is 0 Å². The zero-order valence-electron chi connectivity index (χ0n) is 13.6. The average molecular weight is 344 g/mol. The lowest BCUT2D eigenvalue weighted by Gasteiger charge is -2.22. The second-order valence-electron chi connectivity index (χ2n) is 5.84. The normalized spacial score (nSPS) is 17.0. The van der Waals surface area contributed by atoms with Crippen molar-refractivity contribution in [2.24, 2.45) is 0 Å². The summed E-state index contributed by atoms with van der Waals surface area (Å²) < 4.78 is 0. The van der Waals surface area contributed by atoms with Crippen molar-refractivity contribution in [2.75, 3.05) is 6.54 Å². The number of carbonyl (C=O) groups is 2. The molecule has 1 saturated heterocycles. The molecule has 6 nitrogen and oxygen atoms in total. The fourth-order valence-electron chi connectivity index (χ4n) is 2.94. The van der Waals surface area contributed by atoms with Gasteiger partial charge in [-0.15, -0.1) is 11.3 Å². The highest BCUT2D eigenvalue weighted by Crippen LogP contribution is 2.30. The van der Waals surface area contributed by atoms with E-state index in [0.717, 1.165) is 30.0 Å². The van der Waals surface area contributed by atoms with Crippen LogP contribution in [0.15, 0.2) is 29.9 Å². The number of rotatable bonds is 5. The van der Waals surface area contributed by atoms with E-state index in [1.54, 1.807) is 30.7 Å². The number of amides is 2. The number of nitrogens with zero attached hydrogens (tertiary/aromatic N) is 3. The van der Waals surface area contributed by atoms with E-state index < -0.39 is 0 Å². The summed E-state index contributed by atoms with van der Waals surface area (Å²) in [5.41, 5.74) is 1.51. The van der Waals surface area contributed by atoms with Crippen molar-refractivity contribution < 1.29 is 9.59 Å². The van der Waals surface area contributed by atoms with Crippen molar-refractivity contribution >= 4 is 23.2 Å². The van der Waals surface area contributed by atoms with Crippen molar-refractivity contribution in [1.82, 2.24) is 20.2 Å². The molecule has 3 heterocycles. The first-order valence-corrected chi connectivity index (χ1v) is 8.88. The highest BCUT2D eigenvalue weighted by molar-refractivity contribution is 7.10. The van der Waals surface area contributed by atoms with Gasteiger partial charge in [0, 0.05) is 18.3 Å². The number of thiophene rings is 1. The van der Waals surface area contributed by atoms with Gasteiger partial charge in [0.15, 0.2) is 0 Å². The van der Waals surface area contributed by atoms with Gasteiger partial charge in [0.05, 0.1) is 42.8 Å². The summed E-state index contributed by atoms with van der Waals surface area (Å²) in [4.78, 5) is 35.4. The summed E-state index contributed by atoms with van der Waals surface area (Å²) in [5, 5.41) is 4.83. The lowest BCUT2D eigenvalue weighted by molar-refractivity contribution is -0.129. The number of hydrogen-bond donors (Lipinski definition) is 1. The Hall–Kier alpha value is -2.28. The van der Waals surface area contributed by atoms with Crippen LogP contribution in [0.2, 0.25) is 0 Å². The summed E-state index contributed by atoms with van der Waals surface area (Å²) in [6, 6.07) is 3.88. The van der Waals surface area contributed by atoms with Crippen LogP contribution in [-0.4, -0.2) is 33.2 Å². The first-order valence-electron chi connectivity index (χ1n) is 8.00. The number of hydrogen-bond acceptors (Lipinski definition) is 5. The molecular weight excluding hydrogens is 324 g/mol. The topological polar surface area (TPSA) is 75.2 Å². The van der Waals surface area contributed by atoms with Gasteiger partial charge in [-0.1, -0.05) is 6.07 Å². The third-order valence-electron chi connectivity index (χ3n) is 4.08. The van der Waals surface area contributed by atoms with Crippen molar-refractivity contribution in [3.05, 3.63) is 46.2 Å². The van der Waals surface area contributed by atoms with Gasteiger partial charge >= 0.3 is 0 Å². The zero-order valence-corrected chi connectivity index (χ0v) is 14.4. The van der Waals surface area contributed by atoms with Gasteiger partial charge in [0.2, 0.25) is 11.8 Å². The highest BCUT2D eigenvalue weighted by atomic mass is 32.1.